The summed E-state index contributed by atoms with van der Waals surface area (Å²) in [6, 6.07) is 4.43. The van der Waals surface area contributed by atoms with Crippen molar-refractivity contribution in [1.29, 1.82) is 0 Å². The number of anilines is 2. The molecule has 2 aromatic heterocycles. The number of hydrogen-bond acceptors (Lipinski definition) is 6. The minimum absolute atomic E-state index is 0.229. The zero-order valence-electron chi connectivity index (χ0n) is 13.0. The third-order valence-electron chi connectivity index (χ3n) is 3.40. The Hall–Kier alpha value is -1.82. The first-order valence-corrected chi connectivity index (χ1v) is 7.96. The Morgan fingerprint density at radius 2 is 2.24 bits per heavy atom. The summed E-state index contributed by atoms with van der Waals surface area (Å²) < 4.78 is 5.54. The van der Waals surface area contributed by atoms with Crippen molar-refractivity contribution in [3.05, 3.63) is 28.7 Å². The van der Waals surface area contributed by atoms with Crippen LogP contribution in [0.15, 0.2) is 23.8 Å². The largest absolute Gasteiger partial charge is 0.490 e. The minimum Gasteiger partial charge on any atom is -0.490 e. The van der Waals surface area contributed by atoms with Crippen molar-refractivity contribution in [3.63, 3.8) is 0 Å². The smallest absolute Gasteiger partial charge is 0.204 e. The zero-order valence-corrected chi connectivity index (χ0v) is 13.8. The fraction of sp³-hybridized carbons (Fsp3) is 0.467. The third-order valence-corrected chi connectivity index (χ3v) is 4.44. The summed E-state index contributed by atoms with van der Waals surface area (Å²) in [6.45, 7) is 5.14. The van der Waals surface area contributed by atoms with Crippen molar-refractivity contribution < 1.29 is 4.74 Å². The van der Waals surface area contributed by atoms with Crippen molar-refractivity contribution in [2.75, 3.05) is 30.9 Å². The molecule has 0 fully saturated rings. The van der Waals surface area contributed by atoms with Gasteiger partial charge in [0.2, 0.25) is 5.75 Å². The van der Waals surface area contributed by atoms with E-state index in [1.54, 1.807) is 24.8 Å². The van der Waals surface area contributed by atoms with Gasteiger partial charge in [-0.25, -0.2) is 9.97 Å². The SMILES string of the molecule is CCCNc1ncnc(N(C)C(C)c2cccs2)c1OC. The predicted octanol–water partition coefficient (Wildman–Crippen LogP) is 3.57. The lowest BCUT2D eigenvalue weighted by Gasteiger charge is -2.27. The monoisotopic (exact) mass is 306 g/mol. The summed E-state index contributed by atoms with van der Waals surface area (Å²) in [4.78, 5) is 12.1. The van der Waals surface area contributed by atoms with Gasteiger partial charge in [-0.2, -0.15) is 0 Å². The lowest BCUT2D eigenvalue weighted by Crippen LogP contribution is -2.23. The topological polar surface area (TPSA) is 50.3 Å². The van der Waals surface area contributed by atoms with E-state index in [2.05, 4.69) is 51.5 Å². The fourth-order valence-electron chi connectivity index (χ4n) is 2.08. The van der Waals surface area contributed by atoms with Crippen LogP contribution in [0.2, 0.25) is 0 Å². The van der Waals surface area contributed by atoms with E-state index in [0.717, 1.165) is 24.6 Å². The summed E-state index contributed by atoms with van der Waals surface area (Å²) in [5, 5.41) is 5.37. The van der Waals surface area contributed by atoms with Crippen molar-refractivity contribution in [3.8, 4) is 5.75 Å². The number of rotatable bonds is 7. The first kappa shape index (κ1) is 15.6. The van der Waals surface area contributed by atoms with E-state index in [4.69, 9.17) is 4.74 Å². The van der Waals surface area contributed by atoms with Gasteiger partial charge in [-0.3, -0.25) is 0 Å². The van der Waals surface area contributed by atoms with Crippen LogP contribution in [0.1, 0.15) is 31.2 Å². The van der Waals surface area contributed by atoms with Crippen LogP contribution in [-0.2, 0) is 0 Å². The molecule has 2 heterocycles. The lowest BCUT2D eigenvalue weighted by atomic mass is 10.2. The highest BCUT2D eigenvalue weighted by Crippen LogP contribution is 2.36. The van der Waals surface area contributed by atoms with E-state index in [1.807, 2.05) is 7.05 Å². The molecule has 0 saturated carbocycles. The minimum atomic E-state index is 0.229. The second-order valence-electron chi connectivity index (χ2n) is 4.81. The Morgan fingerprint density at radius 3 is 2.86 bits per heavy atom. The normalized spacial score (nSPS) is 12.0. The van der Waals surface area contributed by atoms with E-state index in [9.17, 15) is 0 Å². The first-order chi connectivity index (χ1) is 10.2. The second-order valence-corrected chi connectivity index (χ2v) is 5.79. The quantitative estimate of drug-likeness (QED) is 0.847. The Bertz CT molecular complexity index is 559. The maximum absolute atomic E-state index is 5.54. The fourth-order valence-corrected chi connectivity index (χ4v) is 2.90. The number of thiophene rings is 1. The Balaban J connectivity index is 2.29. The molecule has 1 unspecified atom stereocenters. The zero-order chi connectivity index (χ0) is 15.2. The third kappa shape index (κ3) is 3.44. The highest BCUT2D eigenvalue weighted by molar-refractivity contribution is 7.10. The van der Waals surface area contributed by atoms with Crippen LogP contribution >= 0.6 is 11.3 Å². The molecule has 0 aromatic carbocycles. The number of nitrogens with zero attached hydrogens (tertiary/aromatic N) is 3. The molecular weight excluding hydrogens is 284 g/mol. The highest BCUT2D eigenvalue weighted by Gasteiger charge is 2.20. The van der Waals surface area contributed by atoms with Crippen LogP contribution in [0, 0.1) is 0 Å². The molecule has 0 spiro atoms. The predicted molar refractivity (Wildman–Crippen MR) is 88.5 cm³/mol. The molecule has 0 bridgehead atoms. The van der Waals surface area contributed by atoms with Gasteiger partial charge in [-0.1, -0.05) is 13.0 Å². The van der Waals surface area contributed by atoms with Gasteiger partial charge in [0.15, 0.2) is 11.6 Å². The second kappa shape index (κ2) is 7.26. The number of hydrogen-bond donors (Lipinski definition) is 1. The molecule has 2 aromatic rings. The van der Waals surface area contributed by atoms with E-state index < -0.39 is 0 Å². The number of nitrogens with one attached hydrogen (secondary N) is 1. The molecule has 5 nitrogen and oxygen atoms in total. The molecule has 0 amide bonds. The molecule has 0 aliphatic carbocycles. The molecule has 2 rings (SSSR count). The Morgan fingerprint density at radius 1 is 1.43 bits per heavy atom. The maximum atomic E-state index is 5.54. The van der Waals surface area contributed by atoms with Crippen LogP contribution in [0.3, 0.4) is 0 Å². The number of aromatic nitrogens is 2. The van der Waals surface area contributed by atoms with Crippen molar-refractivity contribution in [1.82, 2.24) is 9.97 Å². The van der Waals surface area contributed by atoms with Gasteiger partial charge in [-0.05, 0) is 24.8 Å². The molecule has 0 aliphatic heterocycles. The standard InChI is InChI=1S/C15H22N4OS/c1-5-8-16-14-13(20-4)15(18-10-17-14)19(3)11(2)12-7-6-9-21-12/h6-7,9-11H,5,8H2,1-4H3,(H,16,17,18). The van der Waals surface area contributed by atoms with Gasteiger partial charge < -0.3 is 15.0 Å². The van der Waals surface area contributed by atoms with Crippen LogP contribution in [0.25, 0.3) is 0 Å². The van der Waals surface area contributed by atoms with E-state index in [0.29, 0.717) is 5.75 Å². The Kier molecular flexibility index (Phi) is 5.38. The summed E-state index contributed by atoms with van der Waals surface area (Å²) in [5.41, 5.74) is 0. The van der Waals surface area contributed by atoms with E-state index in [-0.39, 0.29) is 6.04 Å². The molecule has 6 heteroatoms. The van der Waals surface area contributed by atoms with Crippen LogP contribution in [0.5, 0.6) is 5.75 Å². The van der Waals surface area contributed by atoms with E-state index in [1.165, 1.54) is 4.88 Å². The van der Waals surface area contributed by atoms with E-state index >= 15 is 0 Å². The van der Waals surface area contributed by atoms with Gasteiger partial charge in [-0.15, -0.1) is 11.3 Å². The Labute approximate surface area is 130 Å². The molecule has 0 saturated heterocycles. The molecule has 0 aliphatic rings. The molecular formula is C15H22N4OS. The van der Waals surface area contributed by atoms with Crippen LogP contribution < -0.4 is 15.0 Å². The van der Waals surface area contributed by atoms with Crippen molar-refractivity contribution in [2.45, 2.75) is 26.3 Å². The average molecular weight is 306 g/mol. The van der Waals surface area contributed by atoms with Gasteiger partial charge in [0.05, 0.1) is 13.2 Å². The first-order valence-electron chi connectivity index (χ1n) is 7.08. The van der Waals surface area contributed by atoms with Gasteiger partial charge >= 0.3 is 0 Å². The molecule has 21 heavy (non-hydrogen) atoms. The van der Waals surface area contributed by atoms with Gasteiger partial charge in [0.25, 0.3) is 0 Å². The highest BCUT2D eigenvalue weighted by atomic mass is 32.1. The molecule has 114 valence electrons. The summed E-state index contributed by atoms with van der Waals surface area (Å²) >= 11 is 1.74. The summed E-state index contributed by atoms with van der Waals surface area (Å²) in [7, 11) is 3.68. The van der Waals surface area contributed by atoms with Crippen LogP contribution in [0.4, 0.5) is 11.6 Å². The van der Waals surface area contributed by atoms with Gasteiger partial charge in [0, 0.05) is 18.5 Å². The molecule has 1 N–H and O–H groups in total. The summed E-state index contributed by atoms with van der Waals surface area (Å²) in [6.07, 6.45) is 2.61. The van der Waals surface area contributed by atoms with Crippen molar-refractivity contribution >= 4 is 23.0 Å². The number of methoxy groups -OCH3 is 1. The molecule has 1 atom stereocenters. The van der Waals surface area contributed by atoms with Crippen LogP contribution in [-0.4, -0.2) is 30.7 Å². The average Bonchev–Trinajstić information content (AvgIpc) is 3.05. The lowest BCUT2D eigenvalue weighted by molar-refractivity contribution is 0.411. The maximum Gasteiger partial charge on any atom is 0.204 e. The summed E-state index contributed by atoms with van der Waals surface area (Å²) in [5.74, 6) is 2.23. The van der Waals surface area contributed by atoms with Crippen molar-refractivity contribution in [2.24, 2.45) is 0 Å². The van der Waals surface area contributed by atoms with Gasteiger partial charge in [0.1, 0.15) is 6.33 Å². The molecule has 0 radical (unpaired) electrons. The number of ether oxygens (including phenoxy) is 1.